The highest BCUT2D eigenvalue weighted by atomic mass is 19.4. The number of hydrogen-bond donors (Lipinski definition) is 0. The van der Waals surface area contributed by atoms with E-state index < -0.39 is 23.6 Å². The Labute approximate surface area is 153 Å². The summed E-state index contributed by atoms with van der Waals surface area (Å²) in [5.74, 6) is 0. The third kappa shape index (κ3) is 3.56. The first-order valence-corrected chi connectivity index (χ1v) is 8.43. The Balaban J connectivity index is 3.04. The first kappa shape index (κ1) is 21.3. The van der Waals surface area contributed by atoms with E-state index in [-0.39, 0.29) is 35.1 Å². The molecule has 7 heteroatoms. The summed E-state index contributed by atoms with van der Waals surface area (Å²) in [6, 6.07) is 8.32. The summed E-state index contributed by atoms with van der Waals surface area (Å²) in [7, 11) is 0. The van der Waals surface area contributed by atoms with Crippen molar-refractivity contribution in [3.05, 3.63) is 58.7 Å². The second-order valence-corrected chi connectivity index (χ2v) is 6.35. The van der Waals surface area contributed by atoms with Gasteiger partial charge in [0.1, 0.15) is 0 Å². The number of rotatable bonds is 4. The van der Waals surface area contributed by atoms with Crippen molar-refractivity contribution in [2.24, 2.45) is 0 Å². The maximum Gasteiger partial charge on any atom is 0.435 e. The maximum atomic E-state index is 15.0. The highest BCUT2D eigenvalue weighted by Crippen LogP contribution is 2.56. The second kappa shape index (κ2) is 7.17. The van der Waals surface area contributed by atoms with Gasteiger partial charge in [-0.2, -0.15) is 26.3 Å². The van der Waals surface area contributed by atoms with Gasteiger partial charge >= 0.3 is 18.0 Å². The van der Waals surface area contributed by atoms with Gasteiger partial charge in [0.15, 0.2) is 0 Å². The minimum atomic E-state index is -6.15. The Morgan fingerprint density at radius 2 is 1.33 bits per heavy atom. The monoisotopic (exact) mass is 392 g/mol. The van der Waals surface area contributed by atoms with E-state index in [1.165, 1.54) is 12.1 Å². The van der Waals surface area contributed by atoms with Crippen molar-refractivity contribution < 1.29 is 30.7 Å². The van der Waals surface area contributed by atoms with Crippen LogP contribution < -0.4 is 0 Å². The van der Waals surface area contributed by atoms with Gasteiger partial charge in [-0.1, -0.05) is 50.2 Å². The van der Waals surface area contributed by atoms with Gasteiger partial charge in [-0.3, -0.25) is 0 Å². The van der Waals surface area contributed by atoms with Crippen LogP contribution in [0.1, 0.15) is 36.1 Å². The van der Waals surface area contributed by atoms with Crippen molar-refractivity contribution in [3.8, 4) is 11.1 Å². The molecule has 0 saturated carbocycles. The highest BCUT2D eigenvalue weighted by Gasteiger charge is 2.74. The molecule has 2 aromatic carbocycles. The fourth-order valence-corrected chi connectivity index (χ4v) is 3.16. The minimum absolute atomic E-state index is 0.155. The molecule has 0 unspecified atom stereocenters. The van der Waals surface area contributed by atoms with E-state index in [9.17, 15) is 30.7 Å². The molecule has 2 rings (SSSR count). The molecule has 0 saturated heterocycles. The first-order chi connectivity index (χ1) is 12.4. The topological polar surface area (TPSA) is 0 Å². The van der Waals surface area contributed by atoms with E-state index in [4.69, 9.17) is 0 Å². The average Bonchev–Trinajstić information content (AvgIpc) is 2.58. The van der Waals surface area contributed by atoms with E-state index in [2.05, 4.69) is 0 Å². The van der Waals surface area contributed by atoms with Gasteiger partial charge in [-0.05, 0) is 47.6 Å². The molecule has 0 N–H and O–H groups in total. The molecular weight excluding hydrogens is 373 g/mol. The molecule has 148 valence electrons. The fourth-order valence-electron chi connectivity index (χ4n) is 3.16. The lowest BCUT2D eigenvalue weighted by molar-refractivity contribution is -0.348. The SMILES string of the molecule is CCc1cc(CC)c(-c2ccccc2C)c(C(F)(C(F)(F)F)C(F)(F)F)c1. The summed E-state index contributed by atoms with van der Waals surface area (Å²) in [4.78, 5) is 0. The molecule has 0 heterocycles. The quantitative estimate of drug-likeness (QED) is 0.488. The molecule has 0 aromatic heterocycles. The summed E-state index contributed by atoms with van der Waals surface area (Å²) < 4.78 is 95.7. The number of benzene rings is 2. The van der Waals surface area contributed by atoms with Crippen LogP contribution in [0.2, 0.25) is 0 Å². The van der Waals surface area contributed by atoms with Crippen LogP contribution in [0, 0.1) is 6.92 Å². The van der Waals surface area contributed by atoms with Crippen molar-refractivity contribution in [2.45, 2.75) is 51.6 Å². The minimum Gasteiger partial charge on any atom is -0.218 e. The lowest BCUT2D eigenvalue weighted by atomic mass is 9.81. The van der Waals surface area contributed by atoms with E-state index in [0.717, 1.165) is 0 Å². The zero-order valence-corrected chi connectivity index (χ0v) is 15.0. The van der Waals surface area contributed by atoms with Crippen LogP contribution in [-0.4, -0.2) is 12.4 Å². The molecule has 0 fully saturated rings. The summed E-state index contributed by atoms with van der Waals surface area (Å²) >= 11 is 0. The van der Waals surface area contributed by atoms with Gasteiger partial charge in [0.25, 0.3) is 0 Å². The third-order valence-electron chi connectivity index (χ3n) is 4.64. The largest absolute Gasteiger partial charge is 0.435 e. The molecule has 2 aromatic rings. The predicted octanol–water partition coefficient (Wildman–Crippen LogP) is 7.08. The van der Waals surface area contributed by atoms with Crippen LogP contribution in [0.4, 0.5) is 30.7 Å². The van der Waals surface area contributed by atoms with E-state index in [1.807, 2.05) is 0 Å². The maximum absolute atomic E-state index is 15.0. The number of hydrogen-bond acceptors (Lipinski definition) is 0. The second-order valence-electron chi connectivity index (χ2n) is 6.35. The molecule has 0 nitrogen and oxygen atoms in total. The van der Waals surface area contributed by atoms with Gasteiger partial charge in [0, 0.05) is 5.56 Å². The molecule has 27 heavy (non-hydrogen) atoms. The molecule has 0 aliphatic heterocycles. The van der Waals surface area contributed by atoms with Gasteiger partial charge in [-0.15, -0.1) is 0 Å². The van der Waals surface area contributed by atoms with Gasteiger partial charge in [0.2, 0.25) is 0 Å². The van der Waals surface area contributed by atoms with E-state index >= 15 is 0 Å². The molecule has 0 bridgehead atoms. The standard InChI is InChI=1S/C20H19F7/c1-4-13-10-14(5-2)17(15-9-7-6-8-12(15)3)16(11-13)18(21,19(22,23)24)20(25,26)27/h6-11H,4-5H2,1-3H3. The van der Waals surface area contributed by atoms with E-state index in [0.29, 0.717) is 11.6 Å². The van der Waals surface area contributed by atoms with Gasteiger partial charge < -0.3 is 0 Å². The van der Waals surface area contributed by atoms with Crippen LogP contribution in [0.5, 0.6) is 0 Å². The molecule has 0 radical (unpaired) electrons. The zero-order chi connectivity index (χ0) is 20.6. The molecule has 0 aliphatic carbocycles. The first-order valence-electron chi connectivity index (χ1n) is 8.43. The normalized spacial score (nSPS) is 13.1. The summed E-state index contributed by atoms with van der Waals surface area (Å²) in [6.45, 7) is 4.77. The molecule has 0 amide bonds. The van der Waals surface area contributed by atoms with Crippen molar-refractivity contribution in [3.63, 3.8) is 0 Å². The van der Waals surface area contributed by atoms with Crippen LogP contribution in [0.3, 0.4) is 0 Å². The number of aryl methyl sites for hydroxylation is 3. The summed E-state index contributed by atoms with van der Waals surface area (Å²) in [5, 5.41) is 0. The molecule has 0 aliphatic rings. The van der Waals surface area contributed by atoms with E-state index in [1.54, 1.807) is 39.0 Å². The summed E-state index contributed by atoms with van der Waals surface area (Å²) in [6.07, 6.45) is -12.0. The van der Waals surface area contributed by atoms with Crippen molar-refractivity contribution in [1.29, 1.82) is 0 Å². The zero-order valence-electron chi connectivity index (χ0n) is 15.0. The third-order valence-corrected chi connectivity index (χ3v) is 4.64. The predicted molar refractivity (Wildman–Crippen MR) is 90.3 cm³/mol. The Hall–Kier alpha value is -2.05. The lowest BCUT2D eigenvalue weighted by Gasteiger charge is -2.33. The van der Waals surface area contributed by atoms with Gasteiger partial charge in [-0.25, -0.2) is 4.39 Å². The molecular formula is C20H19F7. The lowest BCUT2D eigenvalue weighted by Crippen LogP contribution is -2.50. The smallest absolute Gasteiger partial charge is 0.218 e. The van der Waals surface area contributed by atoms with Gasteiger partial charge in [0.05, 0.1) is 0 Å². The molecule has 0 atom stereocenters. The average molecular weight is 392 g/mol. The highest BCUT2D eigenvalue weighted by molar-refractivity contribution is 5.76. The number of halogens is 7. The Morgan fingerprint density at radius 3 is 1.78 bits per heavy atom. The van der Waals surface area contributed by atoms with Crippen LogP contribution in [-0.2, 0) is 18.5 Å². The van der Waals surface area contributed by atoms with Crippen molar-refractivity contribution >= 4 is 0 Å². The van der Waals surface area contributed by atoms with Crippen LogP contribution in [0.15, 0.2) is 36.4 Å². The Kier molecular flexibility index (Phi) is 5.64. The van der Waals surface area contributed by atoms with Crippen LogP contribution in [0.25, 0.3) is 11.1 Å². The Bertz CT molecular complexity index is 802. The Morgan fingerprint density at radius 1 is 0.778 bits per heavy atom. The van der Waals surface area contributed by atoms with Crippen molar-refractivity contribution in [1.82, 2.24) is 0 Å². The molecule has 0 spiro atoms. The van der Waals surface area contributed by atoms with Crippen LogP contribution >= 0.6 is 0 Å². The van der Waals surface area contributed by atoms with Crippen molar-refractivity contribution in [2.75, 3.05) is 0 Å². The fraction of sp³-hybridized carbons (Fsp3) is 0.400. The number of alkyl halides is 7. The summed E-state index contributed by atoms with van der Waals surface area (Å²) in [5.41, 5.74) is -6.12.